The minimum absolute atomic E-state index is 0.117. The Morgan fingerprint density at radius 3 is 2.31 bits per heavy atom. The van der Waals surface area contributed by atoms with Gasteiger partial charge in [0.15, 0.2) is 0 Å². The summed E-state index contributed by atoms with van der Waals surface area (Å²) in [5, 5.41) is 0. The molecule has 0 unspecified atom stereocenters. The number of allylic oxidation sites excluding steroid dienone is 2. The molecule has 3 N–H and O–H groups in total. The molecule has 0 saturated carbocycles. The predicted octanol–water partition coefficient (Wildman–Crippen LogP) is 0.210. The molecule has 0 atom stereocenters. The van der Waals surface area contributed by atoms with Crippen molar-refractivity contribution < 1.29 is 17.8 Å². The van der Waals surface area contributed by atoms with Crippen molar-refractivity contribution in [1.29, 1.82) is 0 Å². The first kappa shape index (κ1) is 11.9. The van der Waals surface area contributed by atoms with Crippen LogP contribution in [0.3, 0.4) is 0 Å². The summed E-state index contributed by atoms with van der Waals surface area (Å²) in [5.74, 6) is -0.880. The summed E-state index contributed by atoms with van der Waals surface area (Å²) in [6.45, 7) is 4.52. The Bertz CT molecular complexity index is 353. The van der Waals surface area contributed by atoms with Crippen LogP contribution >= 0.6 is 0 Å². The van der Waals surface area contributed by atoms with Crippen molar-refractivity contribution in [3.63, 3.8) is 0 Å². The minimum atomic E-state index is -4.36. The van der Waals surface area contributed by atoms with Gasteiger partial charge >= 0.3 is 0 Å². The first-order valence-corrected chi connectivity index (χ1v) is 4.82. The van der Waals surface area contributed by atoms with E-state index in [4.69, 9.17) is 10.3 Å². The van der Waals surface area contributed by atoms with E-state index in [1.54, 1.807) is 0 Å². The van der Waals surface area contributed by atoms with Crippen LogP contribution in [0, 0.1) is 0 Å². The number of hydrogen-bond donors (Lipinski definition) is 2. The number of primary amides is 1. The highest BCUT2D eigenvalue weighted by Crippen LogP contribution is 2.15. The number of carbonyl (C=O) groups is 1. The highest BCUT2D eigenvalue weighted by Gasteiger charge is 2.18. The van der Waals surface area contributed by atoms with E-state index in [0.717, 1.165) is 0 Å². The van der Waals surface area contributed by atoms with Crippen molar-refractivity contribution in [2.24, 2.45) is 5.73 Å². The molecule has 74 valence electrons. The molecule has 0 aromatic rings. The van der Waals surface area contributed by atoms with Gasteiger partial charge in [0.1, 0.15) is 0 Å². The lowest BCUT2D eigenvalue weighted by Gasteiger charge is -2.03. The van der Waals surface area contributed by atoms with Crippen LogP contribution < -0.4 is 5.73 Å². The number of amides is 1. The molecule has 0 radical (unpaired) electrons. The third-order valence-electron chi connectivity index (χ3n) is 1.43. The molecule has 0 rings (SSSR count). The lowest BCUT2D eigenvalue weighted by atomic mass is 10.2. The van der Waals surface area contributed by atoms with Crippen molar-refractivity contribution in [3.05, 3.63) is 23.1 Å². The fourth-order valence-corrected chi connectivity index (χ4v) is 1.54. The highest BCUT2D eigenvalue weighted by atomic mass is 32.2. The van der Waals surface area contributed by atoms with E-state index in [0.29, 0.717) is 0 Å². The highest BCUT2D eigenvalue weighted by molar-refractivity contribution is 7.89. The monoisotopic (exact) mass is 205 g/mol. The van der Waals surface area contributed by atoms with Gasteiger partial charge in [0.25, 0.3) is 10.1 Å². The van der Waals surface area contributed by atoms with Gasteiger partial charge in [0.05, 0.1) is 4.91 Å². The summed E-state index contributed by atoms with van der Waals surface area (Å²) < 4.78 is 30.1. The van der Waals surface area contributed by atoms with Crippen molar-refractivity contribution >= 4 is 16.0 Å². The van der Waals surface area contributed by atoms with E-state index < -0.39 is 20.9 Å². The lowest BCUT2D eigenvalue weighted by molar-refractivity contribution is -0.114. The van der Waals surface area contributed by atoms with Crippen LogP contribution in [0.2, 0.25) is 0 Å². The average Bonchev–Trinajstić information content (AvgIpc) is 1.96. The summed E-state index contributed by atoms with van der Waals surface area (Å²) in [6, 6.07) is 0. The van der Waals surface area contributed by atoms with Gasteiger partial charge in [-0.3, -0.25) is 9.35 Å². The fourth-order valence-electron chi connectivity index (χ4n) is 0.720. The van der Waals surface area contributed by atoms with Gasteiger partial charge < -0.3 is 5.73 Å². The first-order valence-electron chi connectivity index (χ1n) is 3.38. The van der Waals surface area contributed by atoms with Crippen LogP contribution in [0.15, 0.2) is 23.1 Å². The summed E-state index contributed by atoms with van der Waals surface area (Å²) >= 11 is 0. The second-order valence-corrected chi connectivity index (χ2v) is 3.82. The zero-order chi connectivity index (χ0) is 10.6. The molecule has 0 bridgehead atoms. The topological polar surface area (TPSA) is 97.5 Å². The number of carbonyl (C=O) groups excluding carboxylic acids is 1. The maximum atomic E-state index is 10.7. The van der Waals surface area contributed by atoms with Gasteiger partial charge in [0, 0.05) is 12.0 Å². The SMILES string of the molecule is C=CC/C(=C(/C)C(N)=O)S(=O)(=O)O. The van der Waals surface area contributed by atoms with E-state index in [9.17, 15) is 13.2 Å². The average molecular weight is 205 g/mol. The van der Waals surface area contributed by atoms with Crippen molar-refractivity contribution in [2.75, 3.05) is 0 Å². The Morgan fingerprint density at radius 1 is 1.62 bits per heavy atom. The third kappa shape index (κ3) is 3.39. The van der Waals surface area contributed by atoms with Crippen LogP contribution in [-0.2, 0) is 14.9 Å². The Hall–Kier alpha value is -1.14. The van der Waals surface area contributed by atoms with Gasteiger partial charge in [-0.25, -0.2) is 0 Å². The number of rotatable bonds is 4. The van der Waals surface area contributed by atoms with Gasteiger partial charge in [-0.1, -0.05) is 6.08 Å². The molecule has 1 amide bonds. The van der Waals surface area contributed by atoms with Crippen LogP contribution in [0.4, 0.5) is 0 Å². The Kier molecular flexibility index (Phi) is 3.83. The molecule has 0 aliphatic heterocycles. The predicted molar refractivity (Wildman–Crippen MR) is 48.3 cm³/mol. The van der Waals surface area contributed by atoms with Crippen molar-refractivity contribution in [1.82, 2.24) is 0 Å². The normalized spacial score (nSPS) is 13.4. The Labute approximate surface area is 76.7 Å². The minimum Gasteiger partial charge on any atom is -0.366 e. The second kappa shape index (κ2) is 4.20. The third-order valence-corrected chi connectivity index (χ3v) is 2.52. The van der Waals surface area contributed by atoms with Crippen molar-refractivity contribution in [3.8, 4) is 0 Å². The maximum absolute atomic E-state index is 10.7. The zero-order valence-electron chi connectivity index (χ0n) is 7.15. The molecule has 0 spiro atoms. The maximum Gasteiger partial charge on any atom is 0.291 e. The number of nitrogens with two attached hydrogens (primary N) is 1. The summed E-state index contributed by atoms with van der Waals surface area (Å²) in [5.41, 5.74) is 4.68. The van der Waals surface area contributed by atoms with Gasteiger partial charge in [0.2, 0.25) is 5.91 Å². The summed E-state index contributed by atoms with van der Waals surface area (Å²) in [7, 11) is -4.36. The molecule has 0 fully saturated rings. The fraction of sp³-hybridized carbons (Fsp3) is 0.286. The molecule has 0 saturated heterocycles. The molecule has 0 aromatic carbocycles. The molecule has 0 aliphatic carbocycles. The molecule has 0 aliphatic rings. The first-order chi connectivity index (χ1) is 5.80. The van der Waals surface area contributed by atoms with Crippen LogP contribution in [0.25, 0.3) is 0 Å². The van der Waals surface area contributed by atoms with Gasteiger partial charge in [-0.15, -0.1) is 6.58 Å². The molecule has 13 heavy (non-hydrogen) atoms. The number of hydrogen-bond acceptors (Lipinski definition) is 3. The molecular formula is C7H11NO4S. The quantitative estimate of drug-likeness (QED) is 0.389. The van der Waals surface area contributed by atoms with E-state index in [1.807, 2.05) is 0 Å². The zero-order valence-corrected chi connectivity index (χ0v) is 7.97. The Morgan fingerprint density at radius 2 is 2.08 bits per heavy atom. The van der Waals surface area contributed by atoms with E-state index >= 15 is 0 Å². The van der Waals surface area contributed by atoms with E-state index in [2.05, 4.69) is 6.58 Å². The largest absolute Gasteiger partial charge is 0.366 e. The van der Waals surface area contributed by atoms with Gasteiger partial charge in [-0.2, -0.15) is 8.42 Å². The van der Waals surface area contributed by atoms with Crippen LogP contribution in [0.1, 0.15) is 13.3 Å². The molecule has 0 aromatic heterocycles. The standard InChI is InChI=1S/C7H11NO4S/c1-3-4-6(13(10,11)12)5(2)7(8)9/h3H,1,4H2,2H3,(H2,8,9)(H,10,11,12)/b6-5+. The summed E-state index contributed by atoms with van der Waals surface area (Å²) in [6.07, 6.45) is 1.14. The van der Waals surface area contributed by atoms with E-state index in [-0.39, 0.29) is 12.0 Å². The van der Waals surface area contributed by atoms with Gasteiger partial charge in [-0.05, 0) is 6.92 Å². The van der Waals surface area contributed by atoms with Crippen LogP contribution in [-0.4, -0.2) is 18.9 Å². The molecule has 5 nitrogen and oxygen atoms in total. The molecule has 0 heterocycles. The second-order valence-electron chi connectivity index (χ2n) is 2.38. The van der Waals surface area contributed by atoms with Crippen molar-refractivity contribution in [2.45, 2.75) is 13.3 Å². The Balaban J connectivity index is 5.38. The lowest BCUT2D eigenvalue weighted by Crippen LogP contribution is -2.16. The molecular weight excluding hydrogens is 194 g/mol. The summed E-state index contributed by atoms with van der Waals surface area (Å²) in [4.78, 5) is 10.2. The van der Waals surface area contributed by atoms with E-state index in [1.165, 1.54) is 13.0 Å². The van der Waals surface area contributed by atoms with Crippen LogP contribution in [0.5, 0.6) is 0 Å². The smallest absolute Gasteiger partial charge is 0.291 e. The molecule has 6 heteroatoms.